The molecule has 2 heterocycles. The molecule has 2 aromatic rings. The van der Waals surface area contributed by atoms with Crippen LogP contribution in [0.15, 0.2) is 24.4 Å². The number of halogens is 1. The predicted octanol–water partition coefficient (Wildman–Crippen LogP) is 4.55. The normalized spacial score (nSPS) is 17.6. The molecule has 0 atom stereocenters. The van der Waals surface area contributed by atoms with Gasteiger partial charge in [0.05, 0.1) is 18.8 Å². The molecule has 1 fully saturated rings. The van der Waals surface area contributed by atoms with Crippen molar-refractivity contribution in [2.24, 2.45) is 16.7 Å². The Hall–Kier alpha value is -2.08. The Bertz CT molecular complexity index is 831. The molecule has 1 aliphatic rings. The van der Waals surface area contributed by atoms with Gasteiger partial charge < -0.3 is 9.47 Å². The molecule has 0 aliphatic heterocycles. The molecular formula is C20H26ClN3O3. The molecule has 0 saturated heterocycles. The van der Waals surface area contributed by atoms with Crippen molar-refractivity contribution in [3.8, 4) is 11.7 Å². The van der Waals surface area contributed by atoms with Crippen LogP contribution in [0, 0.1) is 16.7 Å². The van der Waals surface area contributed by atoms with Crippen molar-refractivity contribution in [3.05, 3.63) is 35.1 Å². The van der Waals surface area contributed by atoms with Crippen LogP contribution in [0.1, 0.15) is 51.4 Å². The third-order valence-electron chi connectivity index (χ3n) is 6.10. The average Bonchev–Trinajstić information content (AvgIpc) is 2.95. The number of esters is 1. The Balaban J connectivity index is 1.61. The number of rotatable bonds is 7. The number of pyridine rings is 1. The average molecular weight is 392 g/mol. The monoisotopic (exact) mass is 391 g/mol. The highest BCUT2D eigenvalue weighted by Crippen LogP contribution is 2.69. The molecule has 0 unspecified atom stereocenters. The van der Waals surface area contributed by atoms with Gasteiger partial charge in [-0.1, -0.05) is 39.3 Å². The van der Waals surface area contributed by atoms with Gasteiger partial charge >= 0.3 is 5.97 Å². The van der Waals surface area contributed by atoms with Crippen LogP contribution in [0.25, 0.3) is 5.82 Å². The quantitative estimate of drug-likeness (QED) is 0.511. The second kappa shape index (κ2) is 7.15. The lowest BCUT2D eigenvalue weighted by molar-refractivity contribution is 0.0526. The van der Waals surface area contributed by atoms with Crippen LogP contribution in [0.4, 0.5) is 0 Å². The van der Waals surface area contributed by atoms with E-state index in [2.05, 4.69) is 37.8 Å². The maximum absolute atomic E-state index is 11.8. The number of aromatic nitrogens is 3. The van der Waals surface area contributed by atoms with Gasteiger partial charge in [-0.15, -0.1) is 5.10 Å². The smallest absolute Gasteiger partial charge is 0.341 e. The van der Waals surface area contributed by atoms with Crippen molar-refractivity contribution in [2.45, 2.75) is 41.0 Å². The van der Waals surface area contributed by atoms with Gasteiger partial charge in [0, 0.05) is 12.3 Å². The van der Waals surface area contributed by atoms with Crippen LogP contribution in [0.2, 0.25) is 5.15 Å². The van der Waals surface area contributed by atoms with E-state index in [4.69, 9.17) is 21.1 Å². The molecule has 3 rings (SSSR count). The second-order valence-electron chi connectivity index (χ2n) is 7.96. The van der Waals surface area contributed by atoms with Crippen molar-refractivity contribution in [3.63, 3.8) is 0 Å². The lowest BCUT2D eigenvalue weighted by Crippen LogP contribution is -2.08. The van der Waals surface area contributed by atoms with Crippen LogP contribution < -0.4 is 4.74 Å². The number of carbonyl (C=O) groups excluding carboxylic acids is 1. The van der Waals surface area contributed by atoms with Crippen LogP contribution >= 0.6 is 11.6 Å². The fourth-order valence-corrected chi connectivity index (χ4v) is 3.99. The van der Waals surface area contributed by atoms with Crippen LogP contribution in [-0.4, -0.2) is 33.9 Å². The minimum absolute atomic E-state index is 0.0853. The summed E-state index contributed by atoms with van der Waals surface area (Å²) in [6.45, 7) is 11.9. The summed E-state index contributed by atoms with van der Waals surface area (Å²) in [6, 6.07) is 5.05. The summed E-state index contributed by atoms with van der Waals surface area (Å²) >= 11 is 6.11. The van der Waals surface area contributed by atoms with Crippen molar-refractivity contribution in [1.29, 1.82) is 0 Å². The minimum atomic E-state index is -0.489. The van der Waals surface area contributed by atoms with Crippen LogP contribution in [-0.2, 0) is 4.74 Å². The van der Waals surface area contributed by atoms with Crippen LogP contribution in [0.5, 0.6) is 5.88 Å². The lowest BCUT2D eigenvalue weighted by atomic mass is 10.0. The highest BCUT2D eigenvalue weighted by molar-refractivity contribution is 6.32. The summed E-state index contributed by atoms with van der Waals surface area (Å²) < 4.78 is 12.3. The molecule has 0 aromatic carbocycles. The maximum atomic E-state index is 11.8. The Labute approximate surface area is 164 Å². The number of nitrogens with zero attached hydrogens (tertiary/aromatic N) is 3. The topological polar surface area (TPSA) is 66.2 Å². The molecule has 0 spiro atoms. The van der Waals surface area contributed by atoms with E-state index < -0.39 is 5.97 Å². The molecule has 0 amide bonds. The summed E-state index contributed by atoms with van der Waals surface area (Å²) in [5.74, 6) is 1.21. The molecule has 0 N–H and O–H groups in total. The van der Waals surface area contributed by atoms with Crippen molar-refractivity contribution < 1.29 is 14.3 Å². The third-order valence-corrected chi connectivity index (χ3v) is 6.39. The van der Waals surface area contributed by atoms with E-state index in [1.54, 1.807) is 36.0 Å². The molecule has 146 valence electrons. The van der Waals surface area contributed by atoms with Gasteiger partial charge in [0.25, 0.3) is 0 Å². The predicted molar refractivity (Wildman–Crippen MR) is 103 cm³/mol. The SMILES string of the molecule is CCOC(=O)c1ccc(-n2ccc(OCCC3C(C)(C)C3(C)C)n2)nc1Cl. The first kappa shape index (κ1) is 19.7. The summed E-state index contributed by atoms with van der Waals surface area (Å²) in [5, 5.41) is 4.46. The van der Waals surface area contributed by atoms with Gasteiger partial charge in [-0.25, -0.2) is 14.5 Å². The molecule has 1 aliphatic carbocycles. The molecule has 0 bridgehead atoms. The van der Waals surface area contributed by atoms with Gasteiger partial charge in [-0.3, -0.25) is 0 Å². The largest absolute Gasteiger partial charge is 0.477 e. The Morgan fingerprint density at radius 3 is 2.52 bits per heavy atom. The molecule has 6 nitrogen and oxygen atoms in total. The van der Waals surface area contributed by atoms with E-state index in [-0.39, 0.29) is 17.3 Å². The Morgan fingerprint density at radius 2 is 1.93 bits per heavy atom. The number of hydrogen-bond donors (Lipinski definition) is 0. The Morgan fingerprint density at radius 1 is 1.22 bits per heavy atom. The van der Waals surface area contributed by atoms with Gasteiger partial charge in [0.15, 0.2) is 5.82 Å². The Kier molecular flexibility index (Phi) is 5.21. The molecule has 1 saturated carbocycles. The van der Waals surface area contributed by atoms with E-state index in [9.17, 15) is 4.79 Å². The van der Waals surface area contributed by atoms with Crippen LogP contribution in [0.3, 0.4) is 0 Å². The van der Waals surface area contributed by atoms with Gasteiger partial charge in [0.2, 0.25) is 5.88 Å². The van der Waals surface area contributed by atoms with E-state index in [1.807, 2.05) is 0 Å². The van der Waals surface area contributed by atoms with E-state index in [1.165, 1.54) is 0 Å². The highest BCUT2D eigenvalue weighted by atomic mass is 35.5. The minimum Gasteiger partial charge on any atom is -0.477 e. The zero-order valence-electron chi connectivity index (χ0n) is 16.5. The molecule has 0 radical (unpaired) electrons. The fourth-order valence-electron chi connectivity index (χ4n) is 3.76. The maximum Gasteiger partial charge on any atom is 0.341 e. The van der Waals surface area contributed by atoms with E-state index in [0.717, 1.165) is 6.42 Å². The second-order valence-corrected chi connectivity index (χ2v) is 8.32. The van der Waals surface area contributed by atoms with Crippen molar-refractivity contribution in [1.82, 2.24) is 14.8 Å². The molecule has 27 heavy (non-hydrogen) atoms. The van der Waals surface area contributed by atoms with Gasteiger partial charge in [-0.2, -0.15) is 0 Å². The summed E-state index contributed by atoms with van der Waals surface area (Å²) in [5.41, 5.74) is 0.953. The first-order chi connectivity index (χ1) is 12.7. The van der Waals surface area contributed by atoms with Crippen molar-refractivity contribution in [2.75, 3.05) is 13.2 Å². The summed E-state index contributed by atoms with van der Waals surface area (Å²) in [7, 11) is 0. The molecule has 7 heteroatoms. The summed E-state index contributed by atoms with van der Waals surface area (Å²) in [6.07, 6.45) is 2.76. The van der Waals surface area contributed by atoms with Gasteiger partial charge in [0.1, 0.15) is 5.15 Å². The zero-order chi connectivity index (χ0) is 19.8. The first-order valence-electron chi connectivity index (χ1n) is 9.21. The van der Waals surface area contributed by atoms with Crippen molar-refractivity contribution >= 4 is 17.6 Å². The highest BCUT2D eigenvalue weighted by Gasteiger charge is 2.63. The zero-order valence-corrected chi connectivity index (χ0v) is 17.2. The third kappa shape index (κ3) is 3.68. The van der Waals surface area contributed by atoms with E-state index in [0.29, 0.717) is 35.1 Å². The molecule has 2 aromatic heterocycles. The first-order valence-corrected chi connectivity index (χ1v) is 9.58. The van der Waals surface area contributed by atoms with Gasteiger partial charge in [-0.05, 0) is 42.2 Å². The van der Waals surface area contributed by atoms with E-state index >= 15 is 0 Å². The number of hydrogen-bond acceptors (Lipinski definition) is 5. The number of ether oxygens (including phenoxy) is 2. The number of carbonyl (C=O) groups is 1. The summed E-state index contributed by atoms with van der Waals surface area (Å²) in [4.78, 5) is 16.0. The lowest BCUT2D eigenvalue weighted by Gasteiger charge is -2.06. The molecular weight excluding hydrogens is 366 g/mol. The standard InChI is InChI=1S/C20H26ClN3O3/c1-6-26-18(25)13-7-8-15(22-17(13)21)24-11-9-16(23-24)27-12-10-14-19(2,3)20(14,4)5/h7-9,11,14H,6,10,12H2,1-5H3. The fraction of sp³-hybridized carbons (Fsp3) is 0.550.